The van der Waals surface area contributed by atoms with Gasteiger partial charge < -0.3 is 5.32 Å². The molecule has 1 heterocycles. The summed E-state index contributed by atoms with van der Waals surface area (Å²) in [5, 5.41) is 5.54. The van der Waals surface area contributed by atoms with Crippen LogP contribution in [0.2, 0.25) is 5.02 Å². The molecule has 6 heteroatoms. The van der Waals surface area contributed by atoms with Gasteiger partial charge in [-0.1, -0.05) is 35.9 Å². The van der Waals surface area contributed by atoms with Crippen LogP contribution in [0.15, 0.2) is 59.5 Å². The molecule has 3 aromatic rings. The van der Waals surface area contributed by atoms with Crippen LogP contribution in [0.25, 0.3) is 10.8 Å². The van der Waals surface area contributed by atoms with Crippen LogP contribution in [-0.2, 0) is 23.0 Å². The lowest BCUT2D eigenvalue weighted by molar-refractivity contribution is 0.601. The van der Waals surface area contributed by atoms with E-state index in [2.05, 4.69) is 10.0 Å². The van der Waals surface area contributed by atoms with E-state index in [9.17, 15) is 8.42 Å². The van der Waals surface area contributed by atoms with Crippen molar-refractivity contribution in [2.45, 2.75) is 17.9 Å². The van der Waals surface area contributed by atoms with E-state index in [1.807, 2.05) is 30.3 Å². The molecule has 0 aliphatic carbocycles. The van der Waals surface area contributed by atoms with Gasteiger partial charge in [0.2, 0.25) is 0 Å². The largest absolute Gasteiger partial charge is 0.312 e. The molecular weight excluding hydrogens is 356 g/mol. The van der Waals surface area contributed by atoms with Gasteiger partial charge in [0.1, 0.15) is 0 Å². The molecule has 0 aromatic heterocycles. The van der Waals surface area contributed by atoms with E-state index in [1.54, 1.807) is 24.3 Å². The second-order valence-electron chi connectivity index (χ2n) is 6.14. The number of halogens is 1. The average Bonchev–Trinajstić information content (AvgIpc) is 2.61. The quantitative estimate of drug-likeness (QED) is 0.732. The molecule has 0 atom stereocenters. The van der Waals surface area contributed by atoms with Gasteiger partial charge in [-0.2, -0.15) is 0 Å². The Balaban J connectivity index is 1.68. The molecule has 2 N–H and O–H groups in total. The minimum Gasteiger partial charge on any atom is -0.312 e. The smallest absolute Gasteiger partial charge is 0.261 e. The Kier molecular flexibility index (Phi) is 4.15. The molecule has 0 unspecified atom stereocenters. The summed E-state index contributed by atoms with van der Waals surface area (Å²) in [5.74, 6) is 0. The zero-order chi connectivity index (χ0) is 17.4. The lowest BCUT2D eigenvalue weighted by atomic mass is 10.0. The van der Waals surface area contributed by atoms with Crippen molar-refractivity contribution in [3.05, 3.63) is 70.7 Å². The molecule has 4 rings (SSSR count). The Morgan fingerprint density at radius 2 is 1.88 bits per heavy atom. The monoisotopic (exact) mass is 372 g/mol. The van der Waals surface area contributed by atoms with Crippen LogP contribution in [0, 0.1) is 0 Å². The van der Waals surface area contributed by atoms with Crippen LogP contribution in [0.1, 0.15) is 11.1 Å². The van der Waals surface area contributed by atoms with Gasteiger partial charge >= 0.3 is 0 Å². The van der Waals surface area contributed by atoms with Crippen molar-refractivity contribution < 1.29 is 8.42 Å². The Morgan fingerprint density at radius 1 is 1.00 bits per heavy atom. The van der Waals surface area contributed by atoms with Gasteiger partial charge in [-0.3, -0.25) is 4.72 Å². The zero-order valence-corrected chi connectivity index (χ0v) is 15.0. The molecule has 1 aliphatic rings. The Bertz CT molecular complexity index is 1060. The topological polar surface area (TPSA) is 58.2 Å². The summed E-state index contributed by atoms with van der Waals surface area (Å²) >= 11 is 6.15. The predicted octanol–water partition coefficient (Wildman–Crippen LogP) is 3.94. The predicted molar refractivity (Wildman–Crippen MR) is 102 cm³/mol. The first kappa shape index (κ1) is 16.4. The van der Waals surface area contributed by atoms with Crippen LogP contribution in [0.4, 0.5) is 5.69 Å². The summed E-state index contributed by atoms with van der Waals surface area (Å²) in [5.41, 5.74) is 2.98. The van der Waals surface area contributed by atoms with Gasteiger partial charge in [0, 0.05) is 22.6 Å². The first-order valence-electron chi connectivity index (χ1n) is 8.06. The maximum absolute atomic E-state index is 12.7. The van der Waals surface area contributed by atoms with Crippen LogP contribution < -0.4 is 10.0 Å². The molecule has 0 radical (unpaired) electrons. The maximum Gasteiger partial charge on any atom is 0.261 e. The van der Waals surface area contributed by atoms with E-state index in [0.717, 1.165) is 35.8 Å². The van der Waals surface area contributed by atoms with E-state index < -0.39 is 10.0 Å². The molecule has 0 saturated carbocycles. The highest BCUT2D eigenvalue weighted by Crippen LogP contribution is 2.27. The van der Waals surface area contributed by atoms with Gasteiger partial charge in [-0.15, -0.1) is 0 Å². The standard InChI is InChI=1S/C19H17ClN2O2S/c20-19-3-1-2-14-11-17(6-7-18(14)19)25(23,24)22-16-5-4-13-8-9-21-12-15(13)10-16/h1-7,10-11,21-22H,8-9,12H2. The molecule has 0 fully saturated rings. The maximum atomic E-state index is 12.7. The van der Waals surface area contributed by atoms with Crippen molar-refractivity contribution >= 4 is 38.1 Å². The van der Waals surface area contributed by atoms with E-state index in [4.69, 9.17) is 11.6 Å². The third kappa shape index (κ3) is 3.23. The van der Waals surface area contributed by atoms with Crippen molar-refractivity contribution in [3.8, 4) is 0 Å². The number of nitrogens with one attached hydrogen (secondary N) is 2. The SMILES string of the molecule is O=S(=O)(Nc1ccc2c(c1)CNCC2)c1ccc2c(Cl)cccc2c1. The van der Waals surface area contributed by atoms with Gasteiger partial charge in [-0.25, -0.2) is 8.42 Å². The van der Waals surface area contributed by atoms with Gasteiger partial charge in [0.25, 0.3) is 10.0 Å². The molecule has 0 spiro atoms. The summed E-state index contributed by atoms with van der Waals surface area (Å²) in [4.78, 5) is 0.220. The second kappa shape index (κ2) is 6.33. The molecule has 4 nitrogen and oxygen atoms in total. The number of sulfonamides is 1. The Hall–Kier alpha value is -2.08. The number of hydrogen-bond donors (Lipinski definition) is 2. The van der Waals surface area contributed by atoms with Crippen molar-refractivity contribution in [2.24, 2.45) is 0 Å². The van der Waals surface area contributed by atoms with Crippen LogP contribution >= 0.6 is 11.6 Å². The number of benzene rings is 3. The van der Waals surface area contributed by atoms with E-state index in [0.29, 0.717) is 10.7 Å². The first-order chi connectivity index (χ1) is 12.0. The van der Waals surface area contributed by atoms with Gasteiger partial charge in [-0.05, 0) is 59.8 Å². The average molecular weight is 373 g/mol. The molecule has 0 amide bonds. The molecule has 0 bridgehead atoms. The van der Waals surface area contributed by atoms with Gasteiger partial charge in [0.05, 0.1) is 4.90 Å². The van der Waals surface area contributed by atoms with E-state index >= 15 is 0 Å². The highest BCUT2D eigenvalue weighted by Gasteiger charge is 2.17. The van der Waals surface area contributed by atoms with Crippen LogP contribution in [-0.4, -0.2) is 15.0 Å². The molecule has 1 aliphatic heterocycles. The lowest BCUT2D eigenvalue weighted by Crippen LogP contribution is -2.23. The van der Waals surface area contributed by atoms with E-state index in [1.165, 1.54) is 5.56 Å². The fourth-order valence-electron chi connectivity index (χ4n) is 3.15. The highest BCUT2D eigenvalue weighted by molar-refractivity contribution is 7.92. The van der Waals surface area contributed by atoms with Crippen molar-refractivity contribution in [1.82, 2.24) is 5.32 Å². The summed E-state index contributed by atoms with van der Waals surface area (Å²) in [6.45, 7) is 1.72. The fourth-order valence-corrected chi connectivity index (χ4v) is 4.48. The number of rotatable bonds is 3. The summed E-state index contributed by atoms with van der Waals surface area (Å²) in [7, 11) is -3.66. The third-order valence-electron chi connectivity index (χ3n) is 4.45. The Morgan fingerprint density at radius 3 is 2.76 bits per heavy atom. The summed E-state index contributed by atoms with van der Waals surface area (Å²) < 4.78 is 28.2. The van der Waals surface area contributed by atoms with Crippen molar-refractivity contribution in [3.63, 3.8) is 0 Å². The molecule has 3 aromatic carbocycles. The van der Waals surface area contributed by atoms with Crippen LogP contribution in [0.5, 0.6) is 0 Å². The molecule has 25 heavy (non-hydrogen) atoms. The fraction of sp³-hybridized carbons (Fsp3) is 0.158. The van der Waals surface area contributed by atoms with Crippen molar-refractivity contribution in [2.75, 3.05) is 11.3 Å². The summed E-state index contributed by atoms with van der Waals surface area (Å²) in [6, 6.07) is 16.1. The first-order valence-corrected chi connectivity index (χ1v) is 9.93. The second-order valence-corrected chi connectivity index (χ2v) is 8.23. The zero-order valence-electron chi connectivity index (χ0n) is 13.4. The Labute approximate surface area is 151 Å². The van der Waals surface area contributed by atoms with Crippen LogP contribution in [0.3, 0.4) is 0 Å². The normalized spacial score (nSPS) is 14.3. The molecule has 128 valence electrons. The molecule has 0 saturated heterocycles. The highest BCUT2D eigenvalue weighted by atomic mass is 35.5. The van der Waals surface area contributed by atoms with Crippen molar-refractivity contribution in [1.29, 1.82) is 0 Å². The third-order valence-corrected chi connectivity index (χ3v) is 6.16. The minimum atomic E-state index is -3.66. The summed E-state index contributed by atoms with van der Waals surface area (Å²) in [6.07, 6.45) is 0.966. The lowest BCUT2D eigenvalue weighted by Gasteiger charge is -2.18. The van der Waals surface area contributed by atoms with Gasteiger partial charge in [0.15, 0.2) is 0 Å². The minimum absolute atomic E-state index is 0.220. The number of anilines is 1. The molecular formula is C19H17ClN2O2S. The van der Waals surface area contributed by atoms with E-state index in [-0.39, 0.29) is 4.90 Å². The number of fused-ring (bicyclic) bond motifs is 2. The number of hydrogen-bond acceptors (Lipinski definition) is 3.